The normalized spacial score (nSPS) is 19.6. The summed E-state index contributed by atoms with van der Waals surface area (Å²) < 4.78 is 0. The van der Waals surface area contributed by atoms with E-state index in [-0.39, 0.29) is 0 Å². The maximum Gasteiger partial charge on any atom is 0 e. The molecule has 0 aliphatic carbocycles. The Morgan fingerprint density at radius 1 is 0.400 bits per heavy atom. The molecule has 2 heterocycles. The van der Waals surface area contributed by atoms with Crippen LogP contribution in [-0.4, -0.2) is 0 Å². The Balaban J connectivity index is 0.000000131. The molecule has 0 saturated carbocycles. The van der Waals surface area contributed by atoms with Gasteiger partial charge in [-0.2, -0.15) is 0 Å². The number of hydrogen-bond donors (Lipinski definition) is 0. The van der Waals surface area contributed by atoms with Crippen molar-refractivity contribution in [2.24, 2.45) is 0 Å². The lowest BCUT2D eigenvalue weighted by atomic mass is 30.1. The summed E-state index contributed by atoms with van der Waals surface area (Å²) >= 11 is 7.33. The molecule has 0 nitrogen and oxygen atoms in total. The maximum absolute atomic E-state index is 3.67. The fourth-order valence-electron chi connectivity index (χ4n) is 0.0556. The molecule has 10 heteroatoms. The summed E-state index contributed by atoms with van der Waals surface area (Å²) in [6.07, 6.45) is 0. The molecule has 2 aliphatic heterocycles. The first-order valence-electron chi connectivity index (χ1n) is 1.50. The molecule has 0 amide bonds. The van der Waals surface area contributed by atoms with E-state index < -0.39 is 0 Å². The predicted octanol–water partition coefficient (Wildman–Crippen LogP) is 5.18. The SMILES string of the molecule is S1SSS1.S1SSS1.S=S. The van der Waals surface area contributed by atoms with Crippen LogP contribution >= 0.6 is 78.6 Å². The average molecular weight is 321 g/mol. The van der Waals surface area contributed by atoms with Gasteiger partial charge in [0.15, 0.2) is 0 Å². The molecular weight excluding hydrogens is 321 g/mol. The summed E-state index contributed by atoms with van der Waals surface area (Å²) in [6.45, 7) is 0. The number of rotatable bonds is 0. The van der Waals surface area contributed by atoms with Crippen molar-refractivity contribution >= 4 is 101 Å². The van der Waals surface area contributed by atoms with Gasteiger partial charge in [0.1, 0.15) is 0 Å². The highest BCUT2D eigenvalue weighted by Crippen LogP contribution is 2.65. The molecule has 0 atom stereocenters. The van der Waals surface area contributed by atoms with Gasteiger partial charge in [0.2, 0.25) is 0 Å². The Bertz CT molecular complexity index is 33.1. The van der Waals surface area contributed by atoms with Gasteiger partial charge in [0.05, 0.1) is 0 Å². The second-order valence-corrected chi connectivity index (χ2v) is 14.7. The van der Waals surface area contributed by atoms with Crippen LogP contribution in [0, 0.1) is 0 Å². The Labute approximate surface area is 99.3 Å². The van der Waals surface area contributed by atoms with Crippen molar-refractivity contribution in [3.8, 4) is 0 Å². The second-order valence-electron chi connectivity index (χ2n) is 0.544. The lowest BCUT2D eigenvalue weighted by Crippen LogP contribution is -1.35. The van der Waals surface area contributed by atoms with Gasteiger partial charge in [0.25, 0.3) is 0 Å². The molecule has 0 bridgehead atoms. The van der Waals surface area contributed by atoms with Gasteiger partial charge in [-0.05, 0) is 0 Å². The highest BCUT2D eigenvalue weighted by atomic mass is 34.1. The molecule has 0 spiro atoms. The molecule has 0 aromatic rings. The van der Waals surface area contributed by atoms with Crippen LogP contribution in [0.2, 0.25) is 0 Å². The Morgan fingerprint density at radius 2 is 0.500 bits per heavy atom. The zero-order chi connectivity index (χ0) is 7.66. The van der Waals surface area contributed by atoms with E-state index in [1.807, 2.05) is 78.6 Å². The largest absolute Gasteiger partial charge is 0 e. The molecule has 2 rings (SSSR count). The van der Waals surface area contributed by atoms with Crippen molar-refractivity contribution in [3.63, 3.8) is 0 Å². The molecule has 0 unspecified atom stereocenters. The van der Waals surface area contributed by atoms with Crippen LogP contribution in [0.1, 0.15) is 0 Å². The first kappa shape index (κ1) is 13.2. The minimum absolute atomic E-state index is 1.83. The third kappa shape index (κ3) is 9.33. The van der Waals surface area contributed by atoms with Crippen molar-refractivity contribution in [1.82, 2.24) is 0 Å². The minimum Gasteiger partial charge on any atom is 0 e. The summed E-state index contributed by atoms with van der Waals surface area (Å²) in [5.74, 6) is 0. The van der Waals surface area contributed by atoms with E-state index in [0.29, 0.717) is 0 Å². The summed E-state index contributed by atoms with van der Waals surface area (Å²) in [5, 5.41) is 0. The molecule has 10 heavy (non-hydrogen) atoms. The maximum atomic E-state index is 3.67. The van der Waals surface area contributed by atoms with Crippen molar-refractivity contribution in [2.75, 3.05) is 0 Å². The Hall–Kier alpha value is 3.24. The van der Waals surface area contributed by atoms with Gasteiger partial charge in [-0.15, -0.1) is 0 Å². The first-order valence-corrected chi connectivity index (χ1v) is 13.5. The zero-order valence-corrected chi connectivity index (χ0v) is 12.2. The van der Waals surface area contributed by atoms with E-state index in [1.54, 1.807) is 0 Å². The van der Waals surface area contributed by atoms with Gasteiger partial charge in [0, 0.05) is 101 Å². The summed E-state index contributed by atoms with van der Waals surface area (Å²) in [5.41, 5.74) is 0. The van der Waals surface area contributed by atoms with E-state index in [2.05, 4.69) is 22.4 Å². The standard InChI is InChI=1S/2S4.S2/c2*1-2-4-3-1;1-2. The summed E-state index contributed by atoms with van der Waals surface area (Å²) in [6, 6.07) is 0. The zero-order valence-electron chi connectivity index (χ0n) is 4.08. The summed E-state index contributed by atoms with van der Waals surface area (Å²) in [7, 11) is 14.7. The van der Waals surface area contributed by atoms with Crippen LogP contribution in [0.4, 0.5) is 0 Å². The fourth-order valence-corrected chi connectivity index (χ4v) is 4.50. The highest BCUT2D eigenvalue weighted by Gasteiger charge is 2.01. The van der Waals surface area contributed by atoms with Gasteiger partial charge in [-0.3, -0.25) is 0 Å². The first-order chi connectivity index (χ1) is 5.00. The monoisotopic (exact) mass is 320 g/mol. The van der Waals surface area contributed by atoms with Gasteiger partial charge in [-0.25, -0.2) is 0 Å². The number of hydrogen-bond acceptors (Lipinski definition) is 10. The smallest absolute Gasteiger partial charge is 0 e. The van der Waals surface area contributed by atoms with E-state index >= 15 is 0 Å². The molecule has 0 N–H and O–H groups in total. The van der Waals surface area contributed by atoms with Gasteiger partial charge in [-0.1, -0.05) is 0 Å². The minimum atomic E-state index is 1.83. The quantitative estimate of drug-likeness (QED) is 0.545. The average Bonchev–Trinajstić information content (AvgIpc) is 1.59. The highest BCUT2D eigenvalue weighted by molar-refractivity contribution is 9.60. The van der Waals surface area contributed by atoms with Crippen molar-refractivity contribution in [2.45, 2.75) is 0 Å². The lowest BCUT2D eigenvalue weighted by Gasteiger charge is -2.00. The van der Waals surface area contributed by atoms with Gasteiger partial charge < -0.3 is 0 Å². The molecule has 2 saturated heterocycles. The van der Waals surface area contributed by atoms with E-state index in [4.69, 9.17) is 0 Å². The van der Waals surface area contributed by atoms with Crippen LogP contribution < -0.4 is 0 Å². The van der Waals surface area contributed by atoms with E-state index in [0.717, 1.165) is 0 Å². The molecule has 0 aromatic heterocycles. The van der Waals surface area contributed by atoms with Crippen LogP contribution in [0.3, 0.4) is 0 Å². The Kier molecular flexibility index (Phi) is 16.2. The summed E-state index contributed by atoms with van der Waals surface area (Å²) in [4.78, 5) is 0. The topological polar surface area (TPSA) is 0 Å². The molecule has 0 aromatic carbocycles. The van der Waals surface area contributed by atoms with Crippen LogP contribution in [-0.2, 0) is 22.4 Å². The van der Waals surface area contributed by atoms with Crippen LogP contribution in [0.25, 0.3) is 0 Å². The van der Waals surface area contributed by atoms with Crippen LogP contribution in [0.15, 0.2) is 0 Å². The second kappa shape index (κ2) is 12.2. The van der Waals surface area contributed by atoms with E-state index in [9.17, 15) is 0 Å². The van der Waals surface area contributed by atoms with Gasteiger partial charge >= 0.3 is 0 Å². The molecule has 60 valence electrons. The molecular formula is S10. The van der Waals surface area contributed by atoms with E-state index in [1.165, 1.54) is 0 Å². The third-order valence-corrected chi connectivity index (χ3v) is 18.0. The molecule has 2 aliphatic rings. The lowest BCUT2D eigenvalue weighted by molar-refractivity contribution is 5.59. The Morgan fingerprint density at radius 3 is 0.500 bits per heavy atom. The van der Waals surface area contributed by atoms with Crippen molar-refractivity contribution in [1.29, 1.82) is 0 Å². The molecule has 0 radical (unpaired) electrons. The third-order valence-electron chi connectivity index (χ3n) is 0.222. The fraction of sp³-hybridized carbons (Fsp3) is 0. The van der Waals surface area contributed by atoms with Crippen LogP contribution in [0.5, 0.6) is 0 Å². The van der Waals surface area contributed by atoms with Crippen molar-refractivity contribution in [3.05, 3.63) is 0 Å². The van der Waals surface area contributed by atoms with Crippen molar-refractivity contribution < 1.29 is 0 Å². The predicted molar refractivity (Wildman–Crippen MR) is 75.5 cm³/mol. The molecule has 2 fully saturated rings.